The molecule has 1 aromatic carbocycles. The Morgan fingerprint density at radius 2 is 2.03 bits per heavy atom. The van der Waals surface area contributed by atoms with E-state index in [4.69, 9.17) is 14.6 Å². The van der Waals surface area contributed by atoms with Gasteiger partial charge in [0, 0.05) is 17.5 Å². The minimum absolute atomic E-state index is 0.156. The van der Waals surface area contributed by atoms with E-state index in [1.54, 1.807) is 6.07 Å². The van der Waals surface area contributed by atoms with E-state index in [0.717, 1.165) is 63.6 Å². The van der Waals surface area contributed by atoms with Gasteiger partial charge in [-0.3, -0.25) is 4.79 Å². The van der Waals surface area contributed by atoms with Gasteiger partial charge in [0.2, 0.25) is 5.82 Å². The van der Waals surface area contributed by atoms with E-state index < -0.39 is 5.97 Å². The highest BCUT2D eigenvalue weighted by molar-refractivity contribution is 5.66. The maximum atomic E-state index is 14.9. The van der Waals surface area contributed by atoms with Crippen molar-refractivity contribution in [2.24, 2.45) is 0 Å². The third kappa shape index (κ3) is 5.30. The predicted octanol–water partition coefficient (Wildman–Crippen LogP) is 4.54. The van der Waals surface area contributed by atoms with Gasteiger partial charge < -0.3 is 19.5 Å². The number of unbranched alkanes of at least 4 members (excludes halogenated alkanes) is 4. The molecule has 1 saturated heterocycles. The molecular formula is C23H32FNO4. The van der Waals surface area contributed by atoms with Gasteiger partial charge in [-0.15, -0.1) is 6.58 Å². The van der Waals surface area contributed by atoms with Crippen molar-refractivity contribution >= 4 is 5.97 Å². The summed E-state index contributed by atoms with van der Waals surface area (Å²) in [4.78, 5) is 12.9. The van der Waals surface area contributed by atoms with Gasteiger partial charge in [0.25, 0.3) is 0 Å². The molecule has 2 aliphatic heterocycles. The number of fused-ring (bicyclic) bond motifs is 2. The summed E-state index contributed by atoms with van der Waals surface area (Å²) in [6, 6.07) is 3.69. The van der Waals surface area contributed by atoms with Crippen molar-refractivity contribution in [3.8, 4) is 11.5 Å². The Hall–Kier alpha value is -2.08. The van der Waals surface area contributed by atoms with E-state index in [-0.39, 0.29) is 23.4 Å². The third-order valence-electron chi connectivity index (χ3n) is 6.14. The van der Waals surface area contributed by atoms with Crippen molar-refractivity contribution in [3.63, 3.8) is 0 Å². The molecule has 1 aromatic rings. The van der Waals surface area contributed by atoms with E-state index in [1.807, 2.05) is 12.1 Å². The monoisotopic (exact) mass is 405 g/mol. The number of hydrogen-bond acceptors (Lipinski definition) is 4. The molecule has 2 aliphatic rings. The molecule has 0 amide bonds. The molecule has 0 bridgehead atoms. The molecule has 0 aromatic heterocycles. The molecule has 29 heavy (non-hydrogen) atoms. The second-order valence-corrected chi connectivity index (χ2v) is 8.15. The van der Waals surface area contributed by atoms with Crippen LogP contribution in [0.2, 0.25) is 0 Å². The van der Waals surface area contributed by atoms with E-state index in [1.165, 1.54) is 0 Å². The Morgan fingerprint density at radius 1 is 1.28 bits per heavy atom. The quantitative estimate of drug-likeness (QED) is 0.433. The lowest BCUT2D eigenvalue weighted by Crippen LogP contribution is -2.44. The first-order valence-electron chi connectivity index (χ1n) is 10.7. The van der Waals surface area contributed by atoms with Gasteiger partial charge in [0.15, 0.2) is 11.5 Å². The summed E-state index contributed by atoms with van der Waals surface area (Å²) in [7, 11) is 0. The molecule has 1 N–H and O–H groups in total. The highest BCUT2D eigenvalue weighted by Gasteiger charge is 2.44. The highest BCUT2D eigenvalue weighted by atomic mass is 19.1. The van der Waals surface area contributed by atoms with Crippen molar-refractivity contribution < 1.29 is 23.8 Å². The average molecular weight is 406 g/mol. The largest absolute Gasteiger partial charge is 0.490 e. The van der Waals surface area contributed by atoms with E-state index >= 15 is 0 Å². The number of allylic oxidation sites excluding steroid dienone is 1. The molecule has 1 spiro atoms. The lowest BCUT2D eigenvalue weighted by Gasteiger charge is -2.38. The predicted molar refractivity (Wildman–Crippen MR) is 110 cm³/mol. The van der Waals surface area contributed by atoms with Crippen LogP contribution < -0.4 is 9.47 Å². The second kappa shape index (κ2) is 10.1. The van der Waals surface area contributed by atoms with Crippen LogP contribution in [-0.4, -0.2) is 48.8 Å². The molecule has 0 aliphatic carbocycles. The van der Waals surface area contributed by atoms with Crippen molar-refractivity contribution in [2.45, 2.75) is 56.8 Å². The normalized spacial score (nSPS) is 17.7. The number of halogens is 1. The van der Waals surface area contributed by atoms with Crippen LogP contribution in [0.5, 0.6) is 11.5 Å². The first kappa shape index (κ1) is 21.6. The van der Waals surface area contributed by atoms with Crippen molar-refractivity contribution in [3.05, 3.63) is 36.2 Å². The van der Waals surface area contributed by atoms with Gasteiger partial charge in [-0.25, -0.2) is 0 Å². The molecule has 3 rings (SSSR count). The molecule has 160 valence electrons. The summed E-state index contributed by atoms with van der Waals surface area (Å²) >= 11 is 0. The molecule has 1 fully saturated rings. The zero-order chi connectivity index (χ0) is 20.7. The second-order valence-electron chi connectivity index (χ2n) is 8.15. The van der Waals surface area contributed by atoms with Gasteiger partial charge >= 0.3 is 5.97 Å². The van der Waals surface area contributed by atoms with Crippen LogP contribution in [0.1, 0.15) is 56.9 Å². The number of rotatable bonds is 11. The number of piperidine rings is 1. The van der Waals surface area contributed by atoms with Gasteiger partial charge in [0.1, 0.15) is 0 Å². The number of hydrogen-bond donors (Lipinski definition) is 1. The van der Waals surface area contributed by atoms with Crippen molar-refractivity contribution in [1.82, 2.24) is 4.90 Å². The molecule has 2 heterocycles. The van der Waals surface area contributed by atoms with Crippen molar-refractivity contribution in [2.75, 3.05) is 32.8 Å². The number of carbonyl (C=O) groups is 1. The lowest BCUT2D eigenvalue weighted by molar-refractivity contribution is -0.137. The van der Waals surface area contributed by atoms with E-state index in [9.17, 15) is 9.18 Å². The smallest absolute Gasteiger partial charge is 0.304 e. The first-order chi connectivity index (χ1) is 14.1. The molecule has 0 saturated carbocycles. The molecule has 0 radical (unpaired) electrons. The Morgan fingerprint density at radius 3 is 2.76 bits per heavy atom. The van der Waals surface area contributed by atoms with Gasteiger partial charge in [-0.1, -0.05) is 25.0 Å². The number of ether oxygens (including phenoxy) is 2. The number of carboxylic acids is 1. The minimum Gasteiger partial charge on any atom is -0.490 e. The fraction of sp³-hybridized carbons (Fsp3) is 0.609. The zero-order valence-electron chi connectivity index (χ0n) is 17.1. The van der Waals surface area contributed by atoms with E-state index in [0.29, 0.717) is 25.5 Å². The summed E-state index contributed by atoms with van der Waals surface area (Å²) in [5.74, 6) is -0.552. The standard InChI is InChI=1S/C23H32FNO4/c1-2-3-4-5-6-7-16-28-19-9-8-18-22(21(19)24)29-17-23(18)11-14-25(15-12-23)13-10-20(26)27/h2,8-9H,1,3-7,10-17H2,(H,26,27). The van der Waals surface area contributed by atoms with E-state index in [2.05, 4.69) is 11.5 Å². The van der Waals surface area contributed by atoms with Crippen LogP contribution in [-0.2, 0) is 10.2 Å². The Kier molecular flexibility index (Phi) is 7.53. The number of benzene rings is 1. The van der Waals surface area contributed by atoms with Crippen LogP contribution >= 0.6 is 0 Å². The maximum absolute atomic E-state index is 14.9. The Labute approximate surface area is 172 Å². The molecule has 0 atom stereocenters. The summed E-state index contributed by atoms with van der Waals surface area (Å²) < 4.78 is 26.4. The van der Waals surface area contributed by atoms with Gasteiger partial charge in [-0.05, 0) is 51.3 Å². The minimum atomic E-state index is -0.772. The fourth-order valence-electron chi connectivity index (χ4n) is 4.29. The summed E-state index contributed by atoms with van der Waals surface area (Å²) in [5, 5.41) is 8.86. The van der Waals surface area contributed by atoms with Crippen LogP contribution in [0.25, 0.3) is 0 Å². The summed E-state index contributed by atoms with van der Waals surface area (Å²) in [6.45, 7) is 6.89. The molecule has 5 nitrogen and oxygen atoms in total. The molecule has 0 unspecified atom stereocenters. The Balaban J connectivity index is 1.53. The zero-order valence-corrected chi connectivity index (χ0v) is 17.1. The van der Waals surface area contributed by atoms with Crippen molar-refractivity contribution in [1.29, 1.82) is 0 Å². The molecular weight excluding hydrogens is 373 g/mol. The number of likely N-dealkylation sites (tertiary alicyclic amines) is 1. The first-order valence-corrected chi connectivity index (χ1v) is 10.7. The SMILES string of the molecule is C=CCCCCCCOc1ccc2c(c1F)OCC21CCN(CCC(=O)O)CC1. The van der Waals surface area contributed by atoms with Crippen LogP contribution in [0.4, 0.5) is 4.39 Å². The molecule has 6 heteroatoms. The van der Waals surface area contributed by atoms with Gasteiger partial charge in [0.05, 0.1) is 19.6 Å². The third-order valence-corrected chi connectivity index (χ3v) is 6.14. The highest BCUT2D eigenvalue weighted by Crippen LogP contribution is 2.48. The number of carboxylic acid groups (broad SMARTS) is 1. The summed E-state index contributed by atoms with van der Waals surface area (Å²) in [5.41, 5.74) is 0.768. The van der Waals surface area contributed by atoms with Gasteiger partial charge in [-0.2, -0.15) is 4.39 Å². The van der Waals surface area contributed by atoms with Crippen LogP contribution in [0.15, 0.2) is 24.8 Å². The fourth-order valence-corrected chi connectivity index (χ4v) is 4.29. The lowest BCUT2D eigenvalue weighted by atomic mass is 9.74. The topological polar surface area (TPSA) is 59.0 Å². The average Bonchev–Trinajstić information content (AvgIpc) is 3.07. The maximum Gasteiger partial charge on any atom is 0.304 e. The number of nitrogens with zero attached hydrogens (tertiary/aromatic N) is 1. The van der Waals surface area contributed by atoms with Crippen LogP contribution in [0.3, 0.4) is 0 Å². The van der Waals surface area contributed by atoms with Crippen LogP contribution in [0, 0.1) is 5.82 Å². The Bertz CT molecular complexity index is 713. The number of aliphatic carboxylic acids is 1. The summed E-state index contributed by atoms with van der Waals surface area (Å²) in [6.07, 6.45) is 9.08.